The van der Waals surface area contributed by atoms with Gasteiger partial charge in [-0.05, 0) is 0 Å². The van der Waals surface area contributed by atoms with E-state index in [0.717, 1.165) is 0 Å². The van der Waals surface area contributed by atoms with Crippen molar-refractivity contribution in [3.05, 3.63) is 0 Å². The van der Waals surface area contributed by atoms with Crippen molar-refractivity contribution in [1.82, 2.24) is 4.90 Å². The van der Waals surface area contributed by atoms with Crippen molar-refractivity contribution in [1.29, 1.82) is 0 Å². The Balaban J connectivity index is 2.46. The van der Waals surface area contributed by atoms with E-state index in [0.29, 0.717) is 13.0 Å². The lowest BCUT2D eigenvalue weighted by Crippen LogP contribution is -2.33. The molecule has 1 heterocycles. The second kappa shape index (κ2) is 4.41. The van der Waals surface area contributed by atoms with Crippen LogP contribution < -0.4 is 0 Å². The topological polar surface area (TPSA) is 77.8 Å². The Labute approximate surface area is 82.3 Å². The summed E-state index contributed by atoms with van der Waals surface area (Å²) in [6, 6.07) is 0. The lowest BCUT2D eigenvalue weighted by Gasteiger charge is -2.18. The molecule has 0 aromatic heterocycles. The number of carbonyl (C=O) groups excluding carboxylic acids is 1. The predicted octanol–water partition coefficient (Wildman–Crippen LogP) is -0.452. The lowest BCUT2D eigenvalue weighted by molar-refractivity contribution is -0.142. The van der Waals surface area contributed by atoms with Crippen molar-refractivity contribution in [3.63, 3.8) is 0 Å². The third-order valence-electron chi connectivity index (χ3n) is 2.47. The van der Waals surface area contributed by atoms with Gasteiger partial charge in [-0.3, -0.25) is 9.59 Å². The van der Waals surface area contributed by atoms with E-state index in [1.54, 1.807) is 6.92 Å². The molecule has 0 aliphatic carbocycles. The highest BCUT2D eigenvalue weighted by atomic mass is 16.4. The Morgan fingerprint density at radius 2 is 2.36 bits per heavy atom. The van der Waals surface area contributed by atoms with Crippen LogP contribution in [-0.4, -0.2) is 46.7 Å². The first kappa shape index (κ1) is 11.0. The minimum absolute atomic E-state index is 0.0102. The second-order valence-electron chi connectivity index (χ2n) is 3.79. The Morgan fingerprint density at radius 1 is 1.71 bits per heavy atom. The standard InChI is InChI=1S/C9H15NO4/c1-6(9(13)14)3-10-4-7(5-11)2-8(10)12/h6-7,11H,2-5H2,1H3,(H,13,14). The van der Waals surface area contributed by atoms with E-state index in [4.69, 9.17) is 10.2 Å². The van der Waals surface area contributed by atoms with Gasteiger partial charge >= 0.3 is 5.97 Å². The maximum absolute atomic E-state index is 11.3. The summed E-state index contributed by atoms with van der Waals surface area (Å²) >= 11 is 0. The van der Waals surface area contributed by atoms with Crippen LogP contribution in [0.3, 0.4) is 0 Å². The zero-order valence-electron chi connectivity index (χ0n) is 8.14. The second-order valence-corrected chi connectivity index (χ2v) is 3.79. The molecule has 0 aromatic rings. The number of carboxylic acids is 1. The Bertz CT molecular complexity index is 241. The SMILES string of the molecule is CC(CN1CC(CO)CC1=O)C(=O)O. The smallest absolute Gasteiger partial charge is 0.308 e. The van der Waals surface area contributed by atoms with E-state index in [1.165, 1.54) is 4.90 Å². The molecule has 5 nitrogen and oxygen atoms in total. The van der Waals surface area contributed by atoms with Crippen LogP contribution in [0, 0.1) is 11.8 Å². The summed E-state index contributed by atoms with van der Waals surface area (Å²) in [4.78, 5) is 23.4. The number of hydrogen-bond acceptors (Lipinski definition) is 3. The number of rotatable bonds is 4. The molecule has 0 spiro atoms. The third kappa shape index (κ3) is 2.45. The zero-order chi connectivity index (χ0) is 10.7. The number of aliphatic hydroxyl groups is 1. The molecule has 5 heteroatoms. The molecular formula is C9H15NO4. The van der Waals surface area contributed by atoms with Crippen LogP contribution in [0.5, 0.6) is 0 Å². The van der Waals surface area contributed by atoms with Gasteiger partial charge in [-0.1, -0.05) is 6.92 Å². The first-order valence-corrected chi connectivity index (χ1v) is 4.66. The fraction of sp³-hybridized carbons (Fsp3) is 0.778. The number of hydrogen-bond donors (Lipinski definition) is 2. The van der Waals surface area contributed by atoms with Crippen molar-refractivity contribution in [2.24, 2.45) is 11.8 Å². The number of carbonyl (C=O) groups is 2. The van der Waals surface area contributed by atoms with Crippen molar-refractivity contribution < 1.29 is 19.8 Å². The van der Waals surface area contributed by atoms with E-state index in [1.807, 2.05) is 0 Å². The number of carboxylic acid groups (broad SMARTS) is 1. The number of aliphatic hydroxyl groups excluding tert-OH is 1. The largest absolute Gasteiger partial charge is 0.481 e. The van der Waals surface area contributed by atoms with Gasteiger partial charge in [0.05, 0.1) is 5.92 Å². The quantitative estimate of drug-likeness (QED) is 0.645. The van der Waals surface area contributed by atoms with Gasteiger partial charge in [0.15, 0.2) is 0 Å². The van der Waals surface area contributed by atoms with Crippen LogP contribution in [-0.2, 0) is 9.59 Å². The van der Waals surface area contributed by atoms with E-state index >= 15 is 0 Å². The van der Waals surface area contributed by atoms with Crippen LogP contribution in [0.4, 0.5) is 0 Å². The van der Waals surface area contributed by atoms with E-state index in [9.17, 15) is 9.59 Å². The van der Waals surface area contributed by atoms with Crippen LogP contribution in [0.25, 0.3) is 0 Å². The fourth-order valence-electron chi connectivity index (χ4n) is 1.56. The van der Waals surface area contributed by atoms with Crippen LogP contribution >= 0.6 is 0 Å². The van der Waals surface area contributed by atoms with Gasteiger partial charge < -0.3 is 15.1 Å². The summed E-state index contributed by atoms with van der Waals surface area (Å²) in [6.45, 7) is 2.28. The molecule has 1 amide bonds. The monoisotopic (exact) mass is 201 g/mol. The van der Waals surface area contributed by atoms with E-state index < -0.39 is 11.9 Å². The van der Waals surface area contributed by atoms with Crippen LogP contribution in [0.15, 0.2) is 0 Å². The molecule has 1 aliphatic rings. The summed E-state index contributed by atoms with van der Waals surface area (Å²) in [5.74, 6) is -1.53. The van der Waals surface area contributed by atoms with E-state index in [2.05, 4.69) is 0 Å². The molecule has 1 rings (SSSR count). The first-order valence-electron chi connectivity index (χ1n) is 4.66. The highest BCUT2D eigenvalue weighted by Gasteiger charge is 2.30. The molecule has 2 N–H and O–H groups in total. The fourth-order valence-corrected chi connectivity index (χ4v) is 1.56. The summed E-state index contributed by atoms with van der Waals surface area (Å²) in [5.41, 5.74) is 0. The van der Waals surface area contributed by atoms with Gasteiger partial charge in [0.2, 0.25) is 5.91 Å². The summed E-state index contributed by atoms with van der Waals surface area (Å²) in [6.07, 6.45) is 0.336. The molecule has 1 saturated heterocycles. The molecule has 2 atom stereocenters. The molecule has 0 radical (unpaired) electrons. The normalized spacial score (nSPS) is 24.0. The van der Waals surface area contributed by atoms with Crippen molar-refractivity contribution in [3.8, 4) is 0 Å². The van der Waals surface area contributed by atoms with Crippen molar-refractivity contribution in [2.75, 3.05) is 19.7 Å². The number of aliphatic carboxylic acids is 1. The van der Waals surface area contributed by atoms with Gasteiger partial charge in [-0.15, -0.1) is 0 Å². The Hall–Kier alpha value is -1.10. The summed E-state index contributed by atoms with van der Waals surface area (Å²) < 4.78 is 0. The average Bonchev–Trinajstić information content (AvgIpc) is 2.47. The summed E-state index contributed by atoms with van der Waals surface area (Å²) in [5, 5.41) is 17.5. The lowest BCUT2D eigenvalue weighted by atomic mass is 10.1. The minimum Gasteiger partial charge on any atom is -0.481 e. The van der Waals surface area contributed by atoms with Gasteiger partial charge in [0, 0.05) is 32.0 Å². The third-order valence-corrected chi connectivity index (χ3v) is 2.47. The van der Waals surface area contributed by atoms with Gasteiger partial charge in [0.25, 0.3) is 0 Å². The molecule has 80 valence electrons. The van der Waals surface area contributed by atoms with Crippen LogP contribution in [0.2, 0.25) is 0 Å². The number of nitrogens with zero attached hydrogens (tertiary/aromatic N) is 1. The van der Waals surface area contributed by atoms with E-state index in [-0.39, 0.29) is 25.0 Å². The molecule has 2 unspecified atom stereocenters. The molecule has 1 fully saturated rings. The molecular weight excluding hydrogens is 186 g/mol. The molecule has 14 heavy (non-hydrogen) atoms. The highest BCUT2D eigenvalue weighted by Crippen LogP contribution is 2.18. The molecule has 0 bridgehead atoms. The van der Waals surface area contributed by atoms with Crippen molar-refractivity contribution in [2.45, 2.75) is 13.3 Å². The molecule has 0 aromatic carbocycles. The Morgan fingerprint density at radius 3 is 2.79 bits per heavy atom. The van der Waals surface area contributed by atoms with Gasteiger partial charge in [0.1, 0.15) is 0 Å². The maximum Gasteiger partial charge on any atom is 0.308 e. The van der Waals surface area contributed by atoms with Crippen molar-refractivity contribution >= 4 is 11.9 Å². The number of amides is 1. The first-order chi connectivity index (χ1) is 6.54. The maximum atomic E-state index is 11.3. The highest BCUT2D eigenvalue weighted by molar-refractivity contribution is 5.79. The van der Waals surface area contributed by atoms with Crippen LogP contribution in [0.1, 0.15) is 13.3 Å². The zero-order valence-corrected chi connectivity index (χ0v) is 8.14. The molecule has 1 aliphatic heterocycles. The average molecular weight is 201 g/mol. The van der Waals surface area contributed by atoms with Gasteiger partial charge in [-0.2, -0.15) is 0 Å². The molecule has 0 saturated carbocycles. The Kier molecular flexibility index (Phi) is 3.46. The summed E-state index contributed by atoms with van der Waals surface area (Å²) in [7, 11) is 0. The van der Waals surface area contributed by atoms with Gasteiger partial charge in [-0.25, -0.2) is 0 Å². The predicted molar refractivity (Wildman–Crippen MR) is 48.6 cm³/mol. The number of likely N-dealkylation sites (tertiary alicyclic amines) is 1. The minimum atomic E-state index is -0.898.